The highest BCUT2D eigenvalue weighted by molar-refractivity contribution is 7.14. The van der Waals surface area contributed by atoms with Crippen molar-refractivity contribution in [3.05, 3.63) is 21.9 Å². The van der Waals surface area contributed by atoms with Crippen molar-refractivity contribution >= 4 is 17.1 Å². The van der Waals surface area contributed by atoms with Gasteiger partial charge in [0.2, 0.25) is 0 Å². The van der Waals surface area contributed by atoms with Gasteiger partial charge in [0.15, 0.2) is 5.78 Å². The molecule has 0 saturated carbocycles. The average Bonchev–Trinajstić information content (AvgIpc) is 2.74. The number of likely N-dealkylation sites (tertiary alicyclic amines) is 1. The summed E-state index contributed by atoms with van der Waals surface area (Å²) in [6, 6.07) is 4.53. The molecule has 0 spiro atoms. The van der Waals surface area contributed by atoms with Crippen LogP contribution in [0.15, 0.2) is 12.1 Å². The van der Waals surface area contributed by atoms with Crippen LogP contribution in [-0.2, 0) is 0 Å². The number of carbonyl (C=O) groups is 1. The van der Waals surface area contributed by atoms with Crippen LogP contribution in [0.1, 0.15) is 34.8 Å². The lowest BCUT2D eigenvalue weighted by Gasteiger charge is -2.19. The summed E-state index contributed by atoms with van der Waals surface area (Å²) in [5.74, 6) is 1.01. The normalized spacial score (nSPS) is 26.2. The van der Waals surface area contributed by atoms with E-state index in [4.69, 9.17) is 0 Å². The molecule has 88 valence electrons. The SMILES string of the molecule is Cc1ccc(C(=O)CN2CC(C)CC2C)s1. The number of ketones is 1. The first-order valence-corrected chi connectivity index (χ1v) is 6.71. The fourth-order valence-electron chi connectivity index (χ4n) is 2.45. The Hall–Kier alpha value is -0.670. The number of aryl methyl sites for hydroxylation is 1. The molecule has 1 aliphatic heterocycles. The molecular formula is C13H19NOS. The van der Waals surface area contributed by atoms with Gasteiger partial charge in [-0.3, -0.25) is 9.69 Å². The second-order valence-corrected chi connectivity index (χ2v) is 6.24. The van der Waals surface area contributed by atoms with Crippen LogP contribution in [0, 0.1) is 12.8 Å². The fraction of sp³-hybridized carbons (Fsp3) is 0.615. The van der Waals surface area contributed by atoms with Crippen LogP contribution in [0.25, 0.3) is 0 Å². The predicted octanol–water partition coefficient (Wildman–Crippen LogP) is 2.97. The van der Waals surface area contributed by atoms with Crippen molar-refractivity contribution in [2.45, 2.75) is 33.2 Å². The van der Waals surface area contributed by atoms with E-state index in [0.717, 1.165) is 17.3 Å². The van der Waals surface area contributed by atoms with Crippen molar-refractivity contribution in [2.75, 3.05) is 13.1 Å². The minimum Gasteiger partial charge on any atom is -0.293 e. The molecule has 1 aliphatic rings. The van der Waals surface area contributed by atoms with E-state index in [0.29, 0.717) is 12.6 Å². The van der Waals surface area contributed by atoms with E-state index in [1.807, 2.05) is 19.1 Å². The monoisotopic (exact) mass is 237 g/mol. The lowest BCUT2D eigenvalue weighted by Crippen LogP contribution is -2.32. The summed E-state index contributed by atoms with van der Waals surface area (Å²) in [6.45, 7) is 8.18. The van der Waals surface area contributed by atoms with Crippen molar-refractivity contribution in [1.29, 1.82) is 0 Å². The summed E-state index contributed by atoms with van der Waals surface area (Å²) in [4.78, 5) is 16.5. The van der Waals surface area contributed by atoms with E-state index in [1.165, 1.54) is 11.3 Å². The molecule has 2 unspecified atom stereocenters. The van der Waals surface area contributed by atoms with Crippen molar-refractivity contribution in [1.82, 2.24) is 4.90 Å². The Kier molecular flexibility index (Phi) is 3.45. The van der Waals surface area contributed by atoms with Crippen LogP contribution in [0.2, 0.25) is 0 Å². The van der Waals surface area contributed by atoms with Crippen LogP contribution < -0.4 is 0 Å². The number of nitrogens with zero attached hydrogens (tertiary/aromatic N) is 1. The molecule has 0 bridgehead atoms. The zero-order valence-electron chi connectivity index (χ0n) is 10.2. The predicted molar refractivity (Wildman–Crippen MR) is 68.2 cm³/mol. The average molecular weight is 237 g/mol. The van der Waals surface area contributed by atoms with Crippen molar-refractivity contribution < 1.29 is 4.79 Å². The summed E-state index contributed by atoms with van der Waals surface area (Å²) in [5, 5.41) is 0. The molecule has 1 aromatic rings. The highest BCUT2D eigenvalue weighted by atomic mass is 32.1. The van der Waals surface area contributed by atoms with Crippen molar-refractivity contribution in [2.24, 2.45) is 5.92 Å². The number of hydrogen-bond donors (Lipinski definition) is 0. The van der Waals surface area contributed by atoms with E-state index in [9.17, 15) is 4.79 Å². The molecule has 2 heterocycles. The molecular weight excluding hydrogens is 218 g/mol. The highest BCUT2D eigenvalue weighted by Gasteiger charge is 2.27. The molecule has 0 radical (unpaired) electrons. The second kappa shape index (κ2) is 4.68. The largest absolute Gasteiger partial charge is 0.293 e. The molecule has 2 rings (SSSR count). The van der Waals surface area contributed by atoms with E-state index in [-0.39, 0.29) is 5.78 Å². The van der Waals surface area contributed by atoms with E-state index in [2.05, 4.69) is 18.7 Å². The smallest absolute Gasteiger partial charge is 0.186 e. The first kappa shape index (κ1) is 11.8. The minimum atomic E-state index is 0.277. The van der Waals surface area contributed by atoms with Crippen LogP contribution in [0.5, 0.6) is 0 Å². The molecule has 16 heavy (non-hydrogen) atoms. The zero-order chi connectivity index (χ0) is 11.7. The maximum Gasteiger partial charge on any atom is 0.186 e. The summed E-state index contributed by atoms with van der Waals surface area (Å²) in [6.07, 6.45) is 1.22. The summed E-state index contributed by atoms with van der Waals surface area (Å²) >= 11 is 1.61. The van der Waals surface area contributed by atoms with Crippen molar-refractivity contribution in [3.8, 4) is 0 Å². The van der Waals surface area contributed by atoms with Gasteiger partial charge in [-0.1, -0.05) is 6.92 Å². The van der Waals surface area contributed by atoms with Gasteiger partial charge in [-0.15, -0.1) is 11.3 Å². The Balaban J connectivity index is 1.97. The summed E-state index contributed by atoms with van der Waals surface area (Å²) in [7, 11) is 0. The first-order chi connectivity index (χ1) is 7.56. The van der Waals surface area contributed by atoms with Gasteiger partial charge in [-0.05, 0) is 38.3 Å². The van der Waals surface area contributed by atoms with Crippen molar-refractivity contribution in [3.63, 3.8) is 0 Å². The van der Waals surface area contributed by atoms with Gasteiger partial charge in [0.05, 0.1) is 11.4 Å². The quantitative estimate of drug-likeness (QED) is 0.753. The van der Waals surface area contributed by atoms with Gasteiger partial charge in [0.25, 0.3) is 0 Å². The molecule has 0 aliphatic carbocycles. The van der Waals surface area contributed by atoms with Crippen LogP contribution >= 0.6 is 11.3 Å². The lowest BCUT2D eigenvalue weighted by atomic mass is 10.1. The highest BCUT2D eigenvalue weighted by Crippen LogP contribution is 2.23. The summed E-state index contributed by atoms with van der Waals surface area (Å²) < 4.78 is 0. The van der Waals surface area contributed by atoms with Gasteiger partial charge in [-0.2, -0.15) is 0 Å². The number of thiophene rings is 1. The number of hydrogen-bond acceptors (Lipinski definition) is 3. The van der Waals surface area contributed by atoms with E-state index >= 15 is 0 Å². The first-order valence-electron chi connectivity index (χ1n) is 5.90. The Morgan fingerprint density at radius 1 is 1.50 bits per heavy atom. The van der Waals surface area contributed by atoms with Gasteiger partial charge in [0.1, 0.15) is 0 Å². The minimum absolute atomic E-state index is 0.277. The number of rotatable bonds is 3. The topological polar surface area (TPSA) is 20.3 Å². The standard InChI is InChI=1S/C13H19NOS/c1-9-6-10(2)14(7-9)8-12(15)13-5-4-11(3)16-13/h4-5,9-10H,6-8H2,1-3H3. The van der Waals surface area contributed by atoms with Gasteiger partial charge >= 0.3 is 0 Å². The molecule has 1 aromatic heterocycles. The Morgan fingerprint density at radius 2 is 2.25 bits per heavy atom. The summed E-state index contributed by atoms with van der Waals surface area (Å²) in [5.41, 5.74) is 0. The maximum atomic E-state index is 12.0. The molecule has 0 aromatic carbocycles. The molecule has 1 fully saturated rings. The molecule has 0 N–H and O–H groups in total. The van der Waals surface area contributed by atoms with Gasteiger partial charge < -0.3 is 0 Å². The lowest BCUT2D eigenvalue weighted by molar-refractivity contribution is 0.0929. The van der Waals surface area contributed by atoms with Crippen LogP contribution in [0.3, 0.4) is 0 Å². The Bertz CT molecular complexity index is 385. The number of carbonyl (C=O) groups excluding carboxylic acids is 1. The van der Waals surface area contributed by atoms with E-state index < -0.39 is 0 Å². The fourth-order valence-corrected chi connectivity index (χ4v) is 3.25. The third-order valence-corrected chi connectivity index (χ3v) is 4.32. The Labute approximate surface area is 101 Å². The van der Waals surface area contributed by atoms with Crippen LogP contribution in [0.4, 0.5) is 0 Å². The molecule has 2 atom stereocenters. The molecule has 0 amide bonds. The molecule has 3 heteroatoms. The second-order valence-electron chi connectivity index (χ2n) is 4.95. The van der Waals surface area contributed by atoms with Gasteiger partial charge in [-0.25, -0.2) is 0 Å². The van der Waals surface area contributed by atoms with Crippen LogP contribution in [-0.4, -0.2) is 29.8 Å². The zero-order valence-corrected chi connectivity index (χ0v) is 11.0. The van der Waals surface area contributed by atoms with Gasteiger partial charge in [0, 0.05) is 17.5 Å². The number of Topliss-reactive ketones (excluding diaryl/α,β-unsaturated/α-hetero) is 1. The molecule has 1 saturated heterocycles. The Morgan fingerprint density at radius 3 is 2.75 bits per heavy atom. The van der Waals surface area contributed by atoms with E-state index in [1.54, 1.807) is 11.3 Å². The maximum absolute atomic E-state index is 12.0. The third-order valence-electron chi connectivity index (χ3n) is 3.27. The molecule has 2 nitrogen and oxygen atoms in total. The third kappa shape index (κ3) is 2.53.